The highest BCUT2D eigenvalue weighted by Gasteiger charge is 2.43. The molecule has 3 rings (SSSR count). The summed E-state index contributed by atoms with van der Waals surface area (Å²) in [7, 11) is 1.85. The largest absolute Gasteiger partial charge is 0.325 e. The minimum absolute atomic E-state index is 0.0207. The molecule has 18 heavy (non-hydrogen) atoms. The molecule has 1 heterocycles. The molecule has 2 N–H and O–H groups in total. The van der Waals surface area contributed by atoms with Crippen LogP contribution in [-0.2, 0) is 16.6 Å². The third-order valence-electron chi connectivity index (χ3n) is 4.38. The van der Waals surface area contributed by atoms with E-state index in [0.717, 1.165) is 30.5 Å². The van der Waals surface area contributed by atoms with Crippen LogP contribution in [0, 0.1) is 0 Å². The fraction of sp³-hybridized carbons (Fsp3) is 0.533. The molecule has 1 aliphatic carbocycles. The molecule has 96 valence electrons. The molecule has 1 aliphatic heterocycles. The number of hydrogen-bond donors (Lipinski definition) is 1. The lowest BCUT2D eigenvalue weighted by Gasteiger charge is -2.17. The van der Waals surface area contributed by atoms with Crippen molar-refractivity contribution in [3.8, 4) is 0 Å². The third kappa shape index (κ3) is 1.57. The van der Waals surface area contributed by atoms with E-state index < -0.39 is 5.41 Å². The monoisotopic (exact) mass is 244 g/mol. The zero-order chi connectivity index (χ0) is 13.1. The summed E-state index contributed by atoms with van der Waals surface area (Å²) >= 11 is 0. The van der Waals surface area contributed by atoms with E-state index in [4.69, 9.17) is 5.73 Å². The summed E-state index contributed by atoms with van der Waals surface area (Å²) in [4.78, 5) is 14.0. The highest BCUT2D eigenvalue weighted by Crippen LogP contribution is 2.42. The summed E-state index contributed by atoms with van der Waals surface area (Å²) in [6.07, 6.45) is 3.16. The van der Waals surface area contributed by atoms with Crippen LogP contribution in [-0.4, -0.2) is 18.5 Å². The Morgan fingerprint density at radius 2 is 2.00 bits per heavy atom. The highest BCUT2D eigenvalue weighted by molar-refractivity contribution is 6.07. The van der Waals surface area contributed by atoms with Crippen molar-refractivity contribution in [1.29, 1.82) is 0 Å². The first-order valence-electron chi connectivity index (χ1n) is 6.54. The van der Waals surface area contributed by atoms with Crippen LogP contribution < -0.4 is 10.6 Å². The van der Waals surface area contributed by atoms with E-state index in [1.165, 1.54) is 5.56 Å². The molecule has 0 radical (unpaired) electrons. The lowest BCUT2D eigenvalue weighted by Crippen LogP contribution is -2.33. The van der Waals surface area contributed by atoms with Gasteiger partial charge in [0.2, 0.25) is 5.91 Å². The van der Waals surface area contributed by atoms with Gasteiger partial charge in [0.15, 0.2) is 0 Å². The predicted octanol–water partition coefficient (Wildman–Crippen LogP) is 1.97. The number of rotatable bonds is 2. The average molecular weight is 244 g/mol. The van der Waals surface area contributed by atoms with E-state index in [1.54, 1.807) is 4.90 Å². The molecule has 1 amide bonds. The molecule has 1 aromatic rings. The Hall–Kier alpha value is -1.35. The Morgan fingerprint density at radius 3 is 2.61 bits per heavy atom. The number of nitrogens with two attached hydrogens (primary N) is 1. The second-order valence-corrected chi connectivity index (χ2v) is 6.38. The summed E-state index contributed by atoms with van der Waals surface area (Å²) in [6.45, 7) is 3.99. The van der Waals surface area contributed by atoms with Gasteiger partial charge in [-0.2, -0.15) is 0 Å². The minimum atomic E-state index is -0.411. The number of carbonyl (C=O) groups excluding carboxylic acids is 1. The van der Waals surface area contributed by atoms with E-state index in [-0.39, 0.29) is 11.4 Å². The number of likely N-dealkylation sites (N-methyl/N-ethyl adjacent to an activating group) is 1. The van der Waals surface area contributed by atoms with E-state index in [1.807, 2.05) is 20.9 Å². The van der Waals surface area contributed by atoms with Crippen molar-refractivity contribution in [2.75, 3.05) is 11.9 Å². The predicted molar refractivity (Wildman–Crippen MR) is 72.7 cm³/mol. The molecular formula is C15H20N2O. The first-order chi connectivity index (χ1) is 8.33. The van der Waals surface area contributed by atoms with Gasteiger partial charge in [-0.05, 0) is 50.3 Å². The molecule has 0 bridgehead atoms. The molecular weight excluding hydrogens is 224 g/mol. The number of anilines is 1. The number of carbonyl (C=O) groups is 1. The summed E-state index contributed by atoms with van der Waals surface area (Å²) in [5, 5.41) is 0. The van der Waals surface area contributed by atoms with Crippen molar-refractivity contribution in [3.05, 3.63) is 29.3 Å². The Kier molecular flexibility index (Phi) is 2.18. The van der Waals surface area contributed by atoms with Gasteiger partial charge in [-0.15, -0.1) is 0 Å². The molecule has 3 nitrogen and oxygen atoms in total. The fourth-order valence-electron chi connectivity index (χ4n) is 2.87. The molecule has 3 heteroatoms. The maximum atomic E-state index is 12.2. The summed E-state index contributed by atoms with van der Waals surface area (Å²) in [6, 6.07) is 6.34. The van der Waals surface area contributed by atoms with Crippen LogP contribution in [0.5, 0.6) is 0 Å². The second kappa shape index (κ2) is 3.35. The second-order valence-electron chi connectivity index (χ2n) is 6.38. The van der Waals surface area contributed by atoms with Crippen molar-refractivity contribution < 1.29 is 4.79 Å². The molecule has 0 aromatic heterocycles. The van der Waals surface area contributed by atoms with Crippen LogP contribution >= 0.6 is 0 Å². The third-order valence-corrected chi connectivity index (χ3v) is 4.38. The maximum Gasteiger partial charge on any atom is 0.236 e. The van der Waals surface area contributed by atoms with Crippen molar-refractivity contribution in [1.82, 2.24) is 0 Å². The molecule has 0 spiro atoms. The lowest BCUT2D eigenvalue weighted by atomic mass is 9.85. The van der Waals surface area contributed by atoms with Gasteiger partial charge in [-0.1, -0.05) is 12.1 Å². The lowest BCUT2D eigenvalue weighted by molar-refractivity contribution is -0.121. The van der Waals surface area contributed by atoms with Crippen molar-refractivity contribution in [3.63, 3.8) is 0 Å². The van der Waals surface area contributed by atoms with Crippen LogP contribution in [0.25, 0.3) is 0 Å². The number of benzene rings is 1. The number of nitrogens with zero attached hydrogens (tertiary/aromatic N) is 1. The Balaban J connectivity index is 2.01. The molecule has 2 aliphatic rings. The topological polar surface area (TPSA) is 46.3 Å². The molecule has 1 fully saturated rings. The van der Waals surface area contributed by atoms with Gasteiger partial charge in [0.25, 0.3) is 0 Å². The Labute approximate surface area is 108 Å². The van der Waals surface area contributed by atoms with Crippen molar-refractivity contribution in [2.45, 2.75) is 44.1 Å². The van der Waals surface area contributed by atoms with Crippen LogP contribution in [0.15, 0.2) is 18.2 Å². The zero-order valence-corrected chi connectivity index (χ0v) is 11.3. The van der Waals surface area contributed by atoms with Gasteiger partial charge in [0.1, 0.15) is 0 Å². The SMILES string of the molecule is CN1C(=O)C(C)(C)c2cc(CC3(N)CC3)ccc21. The van der Waals surface area contributed by atoms with Crippen molar-refractivity contribution in [2.24, 2.45) is 5.73 Å². The van der Waals surface area contributed by atoms with Crippen molar-refractivity contribution >= 4 is 11.6 Å². The molecule has 0 unspecified atom stereocenters. The Morgan fingerprint density at radius 1 is 1.33 bits per heavy atom. The van der Waals surface area contributed by atoms with Gasteiger partial charge in [0, 0.05) is 18.3 Å². The Bertz CT molecular complexity index is 529. The fourth-order valence-corrected chi connectivity index (χ4v) is 2.87. The standard InChI is InChI=1S/C15H20N2O/c1-14(2)11-8-10(9-15(16)6-7-15)4-5-12(11)17(3)13(14)18/h4-5,8H,6-7,9,16H2,1-3H3. The van der Waals surface area contributed by atoms with E-state index in [9.17, 15) is 4.79 Å². The number of amides is 1. The zero-order valence-electron chi connectivity index (χ0n) is 11.3. The highest BCUT2D eigenvalue weighted by atomic mass is 16.2. The van der Waals surface area contributed by atoms with Gasteiger partial charge in [-0.25, -0.2) is 0 Å². The van der Waals surface area contributed by atoms with E-state index in [0.29, 0.717) is 0 Å². The quantitative estimate of drug-likeness (QED) is 0.864. The molecule has 0 atom stereocenters. The summed E-state index contributed by atoms with van der Waals surface area (Å²) in [5.41, 5.74) is 9.21. The molecule has 1 aromatic carbocycles. The maximum absolute atomic E-state index is 12.2. The minimum Gasteiger partial charge on any atom is -0.325 e. The van der Waals surface area contributed by atoms with Crippen LogP contribution in [0.3, 0.4) is 0 Å². The average Bonchev–Trinajstić information content (AvgIpc) is 3.01. The smallest absolute Gasteiger partial charge is 0.236 e. The van der Waals surface area contributed by atoms with Gasteiger partial charge < -0.3 is 10.6 Å². The van der Waals surface area contributed by atoms with Crippen LogP contribution in [0.4, 0.5) is 5.69 Å². The van der Waals surface area contributed by atoms with E-state index >= 15 is 0 Å². The molecule has 1 saturated carbocycles. The summed E-state index contributed by atoms with van der Waals surface area (Å²) < 4.78 is 0. The van der Waals surface area contributed by atoms with Gasteiger partial charge in [0.05, 0.1) is 5.41 Å². The van der Waals surface area contributed by atoms with Crippen LogP contribution in [0.2, 0.25) is 0 Å². The number of fused-ring (bicyclic) bond motifs is 1. The first-order valence-corrected chi connectivity index (χ1v) is 6.54. The molecule has 0 saturated heterocycles. The first kappa shape index (κ1) is 11.7. The normalized spacial score (nSPS) is 23.1. The number of hydrogen-bond acceptors (Lipinski definition) is 2. The van der Waals surface area contributed by atoms with E-state index in [2.05, 4.69) is 18.2 Å². The van der Waals surface area contributed by atoms with Gasteiger partial charge in [-0.3, -0.25) is 4.79 Å². The summed E-state index contributed by atoms with van der Waals surface area (Å²) in [5.74, 6) is 0.170. The van der Waals surface area contributed by atoms with Crippen LogP contribution in [0.1, 0.15) is 37.8 Å². The van der Waals surface area contributed by atoms with Gasteiger partial charge >= 0.3 is 0 Å².